The van der Waals surface area contributed by atoms with Crippen LogP contribution < -0.4 is 10.2 Å². The fourth-order valence-electron chi connectivity index (χ4n) is 2.59. The van der Waals surface area contributed by atoms with Crippen molar-refractivity contribution in [3.63, 3.8) is 0 Å². The zero-order chi connectivity index (χ0) is 17.8. The molecule has 1 N–H and O–H groups in total. The summed E-state index contributed by atoms with van der Waals surface area (Å²) in [6.45, 7) is 0.683. The van der Waals surface area contributed by atoms with Gasteiger partial charge < -0.3 is 10.2 Å². The van der Waals surface area contributed by atoms with Gasteiger partial charge in [-0.2, -0.15) is 0 Å². The third-order valence-electron chi connectivity index (χ3n) is 3.78. The van der Waals surface area contributed by atoms with Crippen LogP contribution in [0.5, 0.6) is 0 Å². The molecule has 0 spiro atoms. The standard InChI is InChI=1S/C18H16F2N2O2S/c19-15-7-6-14(10-16(15)20)25-11-17(23)21-12-3-1-4-13(9-12)22-8-2-5-18(22)24/h1,3-4,6-7,9-10H,2,5,8,11H2,(H,21,23). The van der Waals surface area contributed by atoms with Crippen LogP contribution in [0.4, 0.5) is 20.2 Å². The Morgan fingerprint density at radius 3 is 2.72 bits per heavy atom. The second-order valence-electron chi connectivity index (χ2n) is 5.61. The van der Waals surface area contributed by atoms with Crippen LogP contribution >= 0.6 is 11.8 Å². The summed E-state index contributed by atoms with van der Waals surface area (Å²) in [6.07, 6.45) is 1.38. The molecule has 1 saturated heterocycles. The highest BCUT2D eigenvalue weighted by Gasteiger charge is 2.21. The molecule has 0 aromatic heterocycles. The number of thioether (sulfide) groups is 1. The normalized spacial score (nSPS) is 14.0. The molecule has 1 heterocycles. The number of benzene rings is 2. The molecule has 2 amide bonds. The van der Waals surface area contributed by atoms with Crippen LogP contribution in [0.1, 0.15) is 12.8 Å². The Bertz CT molecular complexity index is 813. The maximum Gasteiger partial charge on any atom is 0.234 e. The lowest BCUT2D eigenvalue weighted by Gasteiger charge is -2.16. The molecule has 2 aromatic rings. The van der Waals surface area contributed by atoms with E-state index in [0.717, 1.165) is 36.0 Å². The topological polar surface area (TPSA) is 49.4 Å². The highest BCUT2D eigenvalue weighted by atomic mass is 32.2. The Morgan fingerprint density at radius 1 is 1.16 bits per heavy atom. The molecule has 0 unspecified atom stereocenters. The van der Waals surface area contributed by atoms with E-state index in [2.05, 4.69) is 5.32 Å². The van der Waals surface area contributed by atoms with E-state index in [-0.39, 0.29) is 17.6 Å². The van der Waals surface area contributed by atoms with E-state index < -0.39 is 11.6 Å². The quantitative estimate of drug-likeness (QED) is 0.823. The largest absolute Gasteiger partial charge is 0.325 e. The van der Waals surface area contributed by atoms with E-state index in [1.54, 1.807) is 23.1 Å². The average molecular weight is 362 g/mol. The lowest BCUT2D eigenvalue weighted by Crippen LogP contribution is -2.23. The number of halogens is 2. The Labute approximate surface area is 148 Å². The van der Waals surface area contributed by atoms with Crippen molar-refractivity contribution >= 4 is 35.0 Å². The maximum atomic E-state index is 13.2. The van der Waals surface area contributed by atoms with E-state index in [1.165, 1.54) is 6.07 Å². The van der Waals surface area contributed by atoms with Gasteiger partial charge in [0.2, 0.25) is 11.8 Å². The number of nitrogens with zero attached hydrogens (tertiary/aromatic N) is 1. The van der Waals surface area contributed by atoms with Crippen molar-refractivity contribution in [3.8, 4) is 0 Å². The summed E-state index contributed by atoms with van der Waals surface area (Å²) in [7, 11) is 0. The second kappa shape index (κ2) is 7.65. The van der Waals surface area contributed by atoms with Crippen molar-refractivity contribution in [2.45, 2.75) is 17.7 Å². The van der Waals surface area contributed by atoms with Crippen molar-refractivity contribution in [1.29, 1.82) is 0 Å². The molecule has 1 aliphatic heterocycles. The molecule has 7 heteroatoms. The molecule has 130 valence electrons. The van der Waals surface area contributed by atoms with Gasteiger partial charge in [0.1, 0.15) is 0 Å². The second-order valence-corrected chi connectivity index (χ2v) is 6.66. The highest BCUT2D eigenvalue weighted by molar-refractivity contribution is 8.00. The molecule has 3 rings (SSSR count). The van der Waals surface area contributed by atoms with Gasteiger partial charge in [-0.3, -0.25) is 9.59 Å². The van der Waals surface area contributed by atoms with E-state index in [1.807, 2.05) is 6.07 Å². The third kappa shape index (κ3) is 4.36. The summed E-state index contributed by atoms with van der Waals surface area (Å²) < 4.78 is 26.0. The minimum absolute atomic E-state index is 0.0674. The van der Waals surface area contributed by atoms with Gasteiger partial charge in [0.05, 0.1) is 5.75 Å². The third-order valence-corrected chi connectivity index (χ3v) is 4.77. The van der Waals surface area contributed by atoms with Crippen LogP contribution in [0.25, 0.3) is 0 Å². The number of anilines is 2. The van der Waals surface area contributed by atoms with Crippen molar-refractivity contribution in [2.75, 3.05) is 22.5 Å². The smallest absolute Gasteiger partial charge is 0.234 e. The number of carbonyl (C=O) groups excluding carboxylic acids is 2. The molecule has 0 bridgehead atoms. The fraction of sp³-hybridized carbons (Fsp3) is 0.222. The molecule has 25 heavy (non-hydrogen) atoms. The number of rotatable bonds is 5. The van der Waals surface area contributed by atoms with Crippen LogP contribution in [0.3, 0.4) is 0 Å². The molecule has 0 atom stereocenters. The zero-order valence-electron chi connectivity index (χ0n) is 13.3. The summed E-state index contributed by atoms with van der Waals surface area (Å²) in [5, 5.41) is 2.75. The van der Waals surface area contributed by atoms with Gasteiger partial charge in [-0.25, -0.2) is 8.78 Å². The Balaban J connectivity index is 1.59. The number of hydrogen-bond acceptors (Lipinski definition) is 3. The summed E-state index contributed by atoms with van der Waals surface area (Å²) in [4.78, 5) is 26.0. The van der Waals surface area contributed by atoms with Gasteiger partial charge in [-0.05, 0) is 42.8 Å². The van der Waals surface area contributed by atoms with Gasteiger partial charge in [0.15, 0.2) is 11.6 Å². The molecule has 0 saturated carbocycles. The predicted octanol–water partition coefficient (Wildman–Crippen LogP) is 3.82. The van der Waals surface area contributed by atoms with Crippen LogP contribution in [0, 0.1) is 11.6 Å². The molecule has 1 aliphatic rings. The van der Waals surface area contributed by atoms with E-state index in [0.29, 0.717) is 23.5 Å². The Morgan fingerprint density at radius 2 is 2.00 bits per heavy atom. The van der Waals surface area contributed by atoms with Gasteiger partial charge in [-0.15, -0.1) is 11.8 Å². The van der Waals surface area contributed by atoms with Crippen molar-refractivity contribution in [3.05, 3.63) is 54.1 Å². The fourth-order valence-corrected chi connectivity index (χ4v) is 3.31. The Hall–Kier alpha value is -2.41. The van der Waals surface area contributed by atoms with Gasteiger partial charge in [0, 0.05) is 29.2 Å². The van der Waals surface area contributed by atoms with Gasteiger partial charge in [0.25, 0.3) is 0 Å². The van der Waals surface area contributed by atoms with Gasteiger partial charge in [-0.1, -0.05) is 6.07 Å². The number of hydrogen-bond donors (Lipinski definition) is 1. The van der Waals surface area contributed by atoms with E-state index >= 15 is 0 Å². The molecule has 1 fully saturated rings. The summed E-state index contributed by atoms with van der Waals surface area (Å²) >= 11 is 1.12. The number of nitrogens with one attached hydrogen (secondary N) is 1. The van der Waals surface area contributed by atoms with Crippen LogP contribution in [-0.4, -0.2) is 24.1 Å². The van der Waals surface area contributed by atoms with E-state index in [4.69, 9.17) is 0 Å². The molecule has 0 aliphatic carbocycles. The molecular formula is C18H16F2N2O2S. The lowest BCUT2D eigenvalue weighted by molar-refractivity contribution is -0.117. The monoisotopic (exact) mass is 362 g/mol. The Kier molecular flexibility index (Phi) is 5.33. The molecular weight excluding hydrogens is 346 g/mol. The van der Waals surface area contributed by atoms with Crippen LogP contribution in [-0.2, 0) is 9.59 Å². The van der Waals surface area contributed by atoms with Crippen LogP contribution in [0.2, 0.25) is 0 Å². The first-order valence-corrected chi connectivity index (χ1v) is 8.79. The molecule has 2 aromatic carbocycles. The summed E-state index contributed by atoms with van der Waals surface area (Å²) in [5.74, 6) is -1.97. The number of amides is 2. The first kappa shape index (κ1) is 17.4. The van der Waals surface area contributed by atoms with Crippen molar-refractivity contribution in [1.82, 2.24) is 0 Å². The van der Waals surface area contributed by atoms with Crippen molar-refractivity contribution in [2.24, 2.45) is 0 Å². The first-order chi connectivity index (χ1) is 12.0. The zero-order valence-corrected chi connectivity index (χ0v) is 14.1. The SMILES string of the molecule is O=C(CSc1ccc(F)c(F)c1)Nc1cccc(N2CCCC2=O)c1. The summed E-state index contributed by atoms with van der Waals surface area (Å²) in [6, 6.07) is 10.6. The minimum atomic E-state index is -0.937. The molecule has 4 nitrogen and oxygen atoms in total. The van der Waals surface area contributed by atoms with E-state index in [9.17, 15) is 18.4 Å². The van der Waals surface area contributed by atoms with Crippen LogP contribution in [0.15, 0.2) is 47.4 Å². The maximum absolute atomic E-state index is 13.2. The average Bonchev–Trinajstić information content (AvgIpc) is 3.02. The highest BCUT2D eigenvalue weighted by Crippen LogP contribution is 2.25. The minimum Gasteiger partial charge on any atom is -0.325 e. The molecule has 0 radical (unpaired) electrons. The van der Waals surface area contributed by atoms with Gasteiger partial charge >= 0.3 is 0 Å². The number of carbonyl (C=O) groups is 2. The lowest BCUT2D eigenvalue weighted by atomic mass is 10.2. The predicted molar refractivity (Wildman–Crippen MR) is 93.7 cm³/mol. The first-order valence-electron chi connectivity index (χ1n) is 7.81. The van der Waals surface area contributed by atoms with Crippen molar-refractivity contribution < 1.29 is 18.4 Å². The summed E-state index contributed by atoms with van der Waals surface area (Å²) in [5.41, 5.74) is 1.35.